The second-order valence-corrected chi connectivity index (χ2v) is 11.5. The number of phenols is 1. The van der Waals surface area contributed by atoms with Crippen LogP contribution in [0.3, 0.4) is 0 Å². The van der Waals surface area contributed by atoms with E-state index < -0.39 is 46.7 Å². The summed E-state index contributed by atoms with van der Waals surface area (Å²) in [5, 5.41) is 52.4. The lowest BCUT2D eigenvalue weighted by atomic mass is 9.64. The van der Waals surface area contributed by atoms with E-state index in [4.69, 9.17) is 15.0 Å². The number of carbonyl (C=O) groups excluding carboxylic acids is 2. The molecule has 1 aromatic heterocycles. The molecule has 2 heterocycles. The van der Waals surface area contributed by atoms with Gasteiger partial charge >= 0.3 is 0 Å². The average Bonchev–Trinajstić information content (AvgIpc) is 3.42. The minimum Gasteiger partial charge on any atom is -0.507 e. The maximum absolute atomic E-state index is 13.5. The molecule has 3 unspecified atom stereocenters. The number of rotatable bonds is 5. The van der Waals surface area contributed by atoms with Crippen molar-refractivity contribution in [2.75, 3.05) is 13.2 Å². The topological polar surface area (TPSA) is 188 Å². The van der Waals surface area contributed by atoms with E-state index in [0.29, 0.717) is 49.4 Å². The third-order valence-electron chi connectivity index (χ3n) is 8.75. The number of aliphatic hydroxyl groups is 3. The van der Waals surface area contributed by atoms with E-state index in [1.54, 1.807) is 6.07 Å². The van der Waals surface area contributed by atoms with E-state index >= 15 is 0 Å². The molecule has 3 aliphatic carbocycles. The zero-order valence-electron chi connectivity index (χ0n) is 22.8. The van der Waals surface area contributed by atoms with Gasteiger partial charge < -0.3 is 40.7 Å². The number of ether oxygens (including phenoxy) is 1. The molecule has 0 bridgehead atoms. The number of allylic oxidation sites excluding steroid dienone is 2. The third kappa shape index (κ3) is 4.31. The fourth-order valence-corrected chi connectivity index (χ4v) is 6.69. The SMILES string of the molecule is CC(C)c1cc(-c2ccc(O)c3c2CC2CC4C(=C(O)C2=C3O)C(O)=C(C(N)=O)C(=O)C4NC2CCOCC2)on1. The van der Waals surface area contributed by atoms with Crippen LogP contribution in [0.15, 0.2) is 51.0 Å². The number of benzene rings is 1. The van der Waals surface area contributed by atoms with Crippen LogP contribution in [0.4, 0.5) is 0 Å². The summed E-state index contributed by atoms with van der Waals surface area (Å²) in [6, 6.07) is 3.97. The maximum atomic E-state index is 13.5. The van der Waals surface area contributed by atoms with Crippen molar-refractivity contribution in [3.05, 3.63) is 63.3 Å². The summed E-state index contributed by atoms with van der Waals surface area (Å²) < 4.78 is 11.1. The van der Waals surface area contributed by atoms with Crippen molar-refractivity contribution < 1.29 is 39.3 Å². The number of hydrogen-bond acceptors (Lipinski definition) is 10. The Morgan fingerprint density at radius 1 is 1.07 bits per heavy atom. The molecule has 1 amide bonds. The van der Waals surface area contributed by atoms with Crippen LogP contribution in [0.2, 0.25) is 0 Å². The number of aromatic nitrogens is 1. The molecule has 2 aromatic rings. The summed E-state index contributed by atoms with van der Waals surface area (Å²) in [5.74, 6) is -3.93. The number of aliphatic hydroxyl groups excluding tert-OH is 3. The molecule has 1 saturated heterocycles. The lowest BCUT2D eigenvalue weighted by Gasteiger charge is -2.43. The Bertz CT molecular complexity index is 1540. The molecule has 41 heavy (non-hydrogen) atoms. The number of primary amides is 1. The highest BCUT2D eigenvalue weighted by atomic mass is 16.5. The molecule has 0 spiro atoms. The molecule has 4 aliphatic rings. The molecule has 0 radical (unpaired) electrons. The van der Waals surface area contributed by atoms with E-state index in [1.165, 1.54) is 6.07 Å². The van der Waals surface area contributed by atoms with Crippen LogP contribution >= 0.6 is 0 Å². The number of nitrogens with one attached hydrogen (secondary N) is 1. The summed E-state index contributed by atoms with van der Waals surface area (Å²) in [6.45, 7) is 5.03. The molecular formula is C30H33N3O8. The van der Waals surface area contributed by atoms with Crippen LogP contribution in [0.5, 0.6) is 5.75 Å². The van der Waals surface area contributed by atoms with Gasteiger partial charge in [-0.1, -0.05) is 19.0 Å². The number of nitrogens with two attached hydrogens (primary N) is 1. The van der Waals surface area contributed by atoms with Gasteiger partial charge in [0.15, 0.2) is 11.5 Å². The normalized spacial score (nSPS) is 25.0. The summed E-state index contributed by atoms with van der Waals surface area (Å²) >= 11 is 0. The number of aromatic hydroxyl groups is 1. The van der Waals surface area contributed by atoms with Crippen molar-refractivity contribution in [1.82, 2.24) is 10.5 Å². The zero-order chi connectivity index (χ0) is 29.2. The molecule has 11 heteroatoms. The van der Waals surface area contributed by atoms with Crippen molar-refractivity contribution in [1.29, 1.82) is 0 Å². The first kappa shape index (κ1) is 27.1. The standard InChI is InChI=1S/C30H33N3O8/c1-12(2)18-11-20(41-33-18)15-3-4-19(34)22-16(15)9-13-10-17-23(27(36)21(13)26(22)35)28(37)24(30(31)39)29(38)25(17)32-14-5-7-40-8-6-14/h3-4,11-14,17,25,32,34-37H,5-10H2,1-2H3,(H2,31,39). The van der Waals surface area contributed by atoms with E-state index in [-0.39, 0.29) is 46.6 Å². The van der Waals surface area contributed by atoms with Gasteiger partial charge in [0.25, 0.3) is 5.91 Å². The number of phenolic OH excluding ortho intramolecular Hbond substituents is 1. The fraction of sp³-hybridized carbons (Fsp3) is 0.433. The van der Waals surface area contributed by atoms with Crippen molar-refractivity contribution in [3.63, 3.8) is 0 Å². The molecule has 7 N–H and O–H groups in total. The van der Waals surface area contributed by atoms with E-state index in [0.717, 1.165) is 5.69 Å². The molecule has 0 saturated carbocycles. The van der Waals surface area contributed by atoms with Gasteiger partial charge in [-0.2, -0.15) is 0 Å². The second-order valence-electron chi connectivity index (χ2n) is 11.5. The Kier molecular flexibility index (Phi) is 6.66. The lowest BCUT2D eigenvalue weighted by molar-refractivity contribution is -0.124. The highest BCUT2D eigenvalue weighted by Gasteiger charge is 2.50. The number of nitrogens with zero attached hydrogens (tertiary/aromatic N) is 1. The highest BCUT2D eigenvalue weighted by Crippen LogP contribution is 2.52. The van der Waals surface area contributed by atoms with Crippen LogP contribution in [-0.4, -0.2) is 62.6 Å². The summed E-state index contributed by atoms with van der Waals surface area (Å²) in [5.41, 5.74) is 7.20. The molecule has 11 nitrogen and oxygen atoms in total. The predicted octanol–water partition coefficient (Wildman–Crippen LogP) is 3.46. The number of amides is 1. The van der Waals surface area contributed by atoms with Crippen LogP contribution in [0.1, 0.15) is 55.8 Å². The smallest absolute Gasteiger partial charge is 0.256 e. The number of carbonyl (C=O) groups is 2. The molecular weight excluding hydrogens is 530 g/mol. The van der Waals surface area contributed by atoms with E-state index in [9.17, 15) is 30.0 Å². The molecule has 1 aromatic carbocycles. The van der Waals surface area contributed by atoms with Crippen LogP contribution in [0.25, 0.3) is 17.1 Å². The lowest BCUT2D eigenvalue weighted by Crippen LogP contribution is -2.55. The van der Waals surface area contributed by atoms with Gasteiger partial charge in [-0.05, 0) is 55.2 Å². The Morgan fingerprint density at radius 2 is 1.80 bits per heavy atom. The van der Waals surface area contributed by atoms with Gasteiger partial charge in [0.1, 0.15) is 28.6 Å². The van der Waals surface area contributed by atoms with Crippen molar-refractivity contribution in [2.24, 2.45) is 17.6 Å². The van der Waals surface area contributed by atoms with E-state index in [1.807, 2.05) is 19.9 Å². The summed E-state index contributed by atoms with van der Waals surface area (Å²) in [4.78, 5) is 25.8. The Balaban J connectivity index is 1.50. The monoisotopic (exact) mass is 563 g/mol. The van der Waals surface area contributed by atoms with Gasteiger partial charge in [-0.3, -0.25) is 9.59 Å². The van der Waals surface area contributed by atoms with Gasteiger partial charge in [0.05, 0.1) is 17.3 Å². The van der Waals surface area contributed by atoms with Gasteiger partial charge in [-0.25, -0.2) is 0 Å². The highest BCUT2D eigenvalue weighted by molar-refractivity contribution is 6.22. The van der Waals surface area contributed by atoms with Crippen LogP contribution in [-0.2, 0) is 20.7 Å². The number of fused-ring (bicyclic) bond motifs is 3. The van der Waals surface area contributed by atoms with Crippen molar-refractivity contribution in [3.8, 4) is 17.1 Å². The Morgan fingerprint density at radius 3 is 2.46 bits per heavy atom. The zero-order valence-corrected chi connectivity index (χ0v) is 22.8. The first-order valence-corrected chi connectivity index (χ1v) is 13.9. The fourth-order valence-electron chi connectivity index (χ4n) is 6.69. The summed E-state index contributed by atoms with van der Waals surface area (Å²) in [6.07, 6.45) is 1.88. The first-order chi connectivity index (χ1) is 19.6. The van der Waals surface area contributed by atoms with Crippen LogP contribution in [0, 0.1) is 11.8 Å². The minimum atomic E-state index is -1.10. The van der Waals surface area contributed by atoms with Crippen molar-refractivity contribution >= 4 is 17.4 Å². The molecule has 1 fully saturated rings. The Labute approximate surface area is 236 Å². The Hall–Kier alpha value is -4.09. The van der Waals surface area contributed by atoms with Gasteiger partial charge in [0, 0.05) is 47.9 Å². The predicted molar refractivity (Wildman–Crippen MR) is 147 cm³/mol. The van der Waals surface area contributed by atoms with Crippen LogP contribution < -0.4 is 11.1 Å². The molecule has 1 aliphatic heterocycles. The second kappa shape index (κ2) is 10.1. The first-order valence-electron chi connectivity index (χ1n) is 13.9. The quantitative estimate of drug-likeness (QED) is 0.294. The number of hydrogen-bond donors (Lipinski definition) is 6. The largest absolute Gasteiger partial charge is 0.507 e. The number of Topliss-reactive ketones (excluding diaryl/α,β-unsaturated/α-hetero) is 1. The molecule has 3 atom stereocenters. The molecule has 216 valence electrons. The maximum Gasteiger partial charge on any atom is 0.256 e. The summed E-state index contributed by atoms with van der Waals surface area (Å²) in [7, 11) is 0. The minimum absolute atomic E-state index is 0.0170. The van der Waals surface area contributed by atoms with Gasteiger partial charge in [0.2, 0.25) is 0 Å². The van der Waals surface area contributed by atoms with Crippen molar-refractivity contribution in [2.45, 2.75) is 57.5 Å². The third-order valence-corrected chi connectivity index (χ3v) is 8.75. The number of ketones is 1. The average molecular weight is 564 g/mol. The molecule has 6 rings (SSSR count). The van der Waals surface area contributed by atoms with Gasteiger partial charge in [-0.15, -0.1) is 0 Å². The van der Waals surface area contributed by atoms with E-state index in [2.05, 4.69) is 10.5 Å².